The van der Waals surface area contributed by atoms with Crippen molar-refractivity contribution in [3.05, 3.63) is 77.9 Å². The lowest BCUT2D eigenvalue weighted by molar-refractivity contribution is 0.102. The van der Waals surface area contributed by atoms with Crippen LogP contribution in [-0.2, 0) is 0 Å². The summed E-state index contributed by atoms with van der Waals surface area (Å²) >= 11 is 1.40. The predicted octanol–water partition coefficient (Wildman–Crippen LogP) is 4.73. The number of hydrogen-bond acceptors (Lipinski definition) is 5. The Labute approximate surface area is 166 Å². The van der Waals surface area contributed by atoms with Crippen LogP contribution in [-0.4, -0.2) is 19.1 Å². The van der Waals surface area contributed by atoms with E-state index in [1.165, 1.54) is 11.8 Å². The molecule has 1 aliphatic heterocycles. The molecule has 3 aromatic rings. The van der Waals surface area contributed by atoms with Crippen molar-refractivity contribution in [3.8, 4) is 17.6 Å². The lowest BCUT2D eigenvalue weighted by Crippen LogP contribution is -2.16. The number of ether oxygens (including phenoxy) is 2. The minimum atomic E-state index is -0.228. The highest BCUT2D eigenvalue weighted by Gasteiger charge is 2.16. The van der Waals surface area contributed by atoms with Gasteiger partial charge in [-0.05, 0) is 36.4 Å². The van der Waals surface area contributed by atoms with Crippen molar-refractivity contribution in [1.82, 2.24) is 0 Å². The Kier molecular flexibility index (Phi) is 5.18. The van der Waals surface area contributed by atoms with E-state index in [-0.39, 0.29) is 5.91 Å². The second-order valence-electron chi connectivity index (χ2n) is 6.02. The lowest BCUT2D eigenvalue weighted by Gasteiger charge is -2.19. The smallest absolute Gasteiger partial charge is 0.256 e. The molecule has 3 aromatic carbocycles. The van der Waals surface area contributed by atoms with Gasteiger partial charge < -0.3 is 14.8 Å². The molecule has 4 rings (SSSR count). The van der Waals surface area contributed by atoms with Crippen molar-refractivity contribution >= 4 is 23.4 Å². The van der Waals surface area contributed by atoms with Gasteiger partial charge in [-0.25, -0.2) is 0 Å². The molecule has 1 heterocycles. The molecule has 138 valence electrons. The molecule has 0 saturated heterocycles. The van der Waals surface area contributed by atoms with Gasteiger partial charge in [0, 0.05) is 21.5 Å². The van der Waals surface area contributed by atoms with Gasteiger partial charge in [0.1, 0.15) is 19.3 Å². The molecule has 0 aliphatic carbocycles. The van der Waals surface area contributed by atoms with Crippen molar-refractivity contribution in [1.29, 1.82) is 5.26 Å². The summed E-state index contributed by atoms with van der Waals surface area (Å²) in [6.45, 7) is 1.01. The SMILES string of the molecule is N#Cc1ccccc1Sc1ccccc1C(=O)Nc1ccc2c(c1)OCCO2. The first-order chi connectivity index (χ1) is 13.7. The Morgan fingerprint density at radius 1 is 0.929 bits per heavy atom. The molecule has 0 atom stereocenters. The molecule has 1 amide bonds. The first-order valence-corrected chi connectivity index (χ1v) is 9.53. The molecule has 0 bridgehead atoms. The quantitative estimate of drug-likeness (QED) is 0.699. The number of nitrogens with zero attached hydrogens (tertiary/aromatic N) is 1. The van der Waals surface area contributed by atoms with Crippen LogP contribution in [0.25, 0.3) is 0 Å². The first kappa shape index (κ1) is 18.0. The maximum absolute atomic E-state index is 12.9. The zero-order valence-corrected chi connectivity index (χ0v) is 15.7. The summed E-state index contributed by atoms with van der Waals surface area (Å²) in [6.07, 6.45) is 0. The number of nitriles is 1. The van der Waals surface area contributed by atoms with Gasteiger partial charge in [0.15, 0.2) is 11.5 Å². The maximum atomic E-state index is 12.9. The fraction of sp³-hybridized carbons (Fsp3) is 0.0909. The van der Waals surface area contributed by atoms with Gasteiger partial charge in [-0.1, -0.05) is 36.0 Å². The molecule has 0 radical (unpaired) electrons. The Morgan fingerprint density at radius 3 is 2.46 bits per heavy atom. The minimum absolute atomic E-state index is 0.228. The van der Waals surface area contributed by atoms with Crippen molar-refractivity contribution in [2.24, 2.45) is 0 Å². The van der Waals surface area contributed by atoms with Crippen LogP contribution in [0, 0.1) is 11.3 Å². The molecule has 5 nitrogen and oxygen atoms in total. The molecule has 28 heavy (non-hydrogen) atoms. The van der Waals surface area contributed by atoms with Gasteiger partial charge in [-0.3, -0.25) is 4.79 Å². The average molecular weight is 388 g/mol. The number of amides is 1. The molecule has 1 N–H and O–H groups in total. The largest absolute Gasteiger partial charge is 0.486 e. The van der Waals surface area contributed by atoms with Gasteiger partial charge in [0.2, 0.25) is 0 Å². The van der Waals surface area contributed by atoms with E-state index in [0.29, 0.717) is 41.5 Å². The van der Waals surface area contributed by atoms with Crippen LogP contribution in [0.3, 0.4) is 0 Å². The summed E-state index contributed by atoms with van der Waals surface area (Å²) in [6, 6.07) is 22.2. The number of fused-ring (bicyclic) bond motifs is 1. The Balaban J connectivity index is 1.58. The third-order valence-corrected chi connectivity index (χ3v) is 5.31. The van der Waals surface area contributed by atoms with Gasteiger partial charge in [-0.15, -0.1) is 0 Å². The molecule has 1 aliphatic rings. The van der Waals surface area contributed by atoms with Crippen LogP contribution in [0.15, 0.2) is 76.5 Å². The molecule has 0 fully saturated rings. The normalized spacial score (nSPS) is 12.1. The van der Waals surface area contributed by atoms with Gasteiger partial charge >= 0.3 is 0 Å². The zero-order chi connectivity index (χ0) is 19.3. The van der Waals surface area contributed by atoms with Crippen molar-refractivity contribution in [2.45, 2.75) is 9.79 Å². The molecule has 6 heteroatoms. The number of carbonyl (C=O) groups excluding carboxylic acids is 1. The van der Waals surface area contributed by atoms with Crippen LogP contribution < -0.4 is 14.8 Å². The topological polar surface area (TPSA) is 71.4 Å². The van der Waals surface area contributed by atoms with Gasteiger partial charge in [0.05, 0.1) is 11.1 Å². The highest BCUT2D eigenvalue weighted by molar-refractivity contribution is 7.99. The van der Waals surface area contributed by atoms with Gasteiger partial charge in [-0.2, -0.15) is 5.26 Å². The van der Waals surface area contributed by atoms with Crippen molar-refractivity contribution < 1.29 is 14.3 Å². The third kappa shape index (κ3) is 3.80. The zero-order valence-electron chi connectivity index (χ0n) is 14.8. The van der Waals surface area contributed by atoms with Crippen LogP contribution in [0.5, 0.6) is 11.5 Å². The fourth-order valence-electron chi connectivity index (χ4n) is 2.83. The second-order valence-corrected chi connectivity index (χ2v) is 7.10. The average Bonchev–Trinajstić information content (AvgIpc) is 2.74. The highest BCUT2D eigenvalue weighted by atomic mass is 32.2. The number of benzene rings is 3. The summed E-state index contributed by atoms with van der Waals surface area (Å²) in [5.41, 5.74) is 1.75. The summed E-state index contributed by atoms with van der Waals surface area (Å²) < 4.78 is 11.1. The van der Waals surface area contributed by atoms with E-state index in [9.17, 15) is 10.1 Å². The Morgan fingerprint density at radius 2 is 1.64 bits per heavy atom. The van der Waals surface area contributed by atoms with Crippen LogP contribution >= 0.6 is 11.8 Å². The molecule has 0 saturated carbocycles. The van der Waals surface area contributed by atoms with E-state index in [0.717, 1.165) is 9.79 Å². The van der Waals surface area contributed by atoms with E-state index >= 15 is 0 Å². The van der Waals surface area contributed by atoms with Crippen molar-refractivity contribution in [2.75, 3.05) is 18.5 Å². The van der Waals surface area contributed by atoms with E-state index < -0.39 is 0 Å². The fourth-order valence-corrected chi connectivity index (χ4v) is 3.85. The van der Waals surface area contributed by atoms with Crippen LogP contribution in [0.4, 0.5) is 5.69 Å². The van der Waals surface area contributed by atoms with E-state index in [4.69, 9.17) is 9.47 Å². The summed E-state index contributed by atoms with van der Waals surface area (Å²) in [7, 11) is 0. The van der Waals surface area contributed by atoms with E-state index in [1.54, 1.807) is 30.3 Å². The van der Waals surface area contributed by atoms with Gasteiger partial charge in [0.25, 0.3) is 5.91 Å². The Hall–Kier alpha value is -3.43. The highest BCUT2D eigenvalue weighted by Crippen LogP contribution is 2.35. The summed E-state index contributed by atoms with van der Waals surface area (Å²) in [5.74, 6) is 1.07. The van der Waals surface area contributed by atoms with Crippen LogP contribution in [0.2, 0.25) is 0 Å². The number of anilines is 1. The molecule has 0 unspecified atom stereocenters. The van der Waals surface area contributed by atoms with E-state index in [1.807, 2.05) is 36.4 Å². The number of rotatable bonds is 4. The minimum Gasteiger partial charge on any atom is -0.486 e. The maximum Gasteiger partial charge on any atom is 0.256 e. The standard InChI is InChI=1S/C22H16N2O3S/c23-14-15-5-1-3-7-20(15)28-21-8-4-2-6-17(21)22(25)24-16-9-10-18-19(13-16)27-12-11-26-18/h1-10,13H,11-12H2,(H,24,25). The molecular formula is C22H16N2O3S. The Bertz CT molecular complexity index is 1080. The molecule has 0 spiro atoms. The number of nitrogens with one attached hydrogen (secondary N) is 1. The molecule has 0 aromatic heterocycles. The number of carbonyl (C=O) groups is 1. The lowest BCUT2D eigenvalue weighted by atomic mass is 10.2. The second kappa shape index (κ2) is 8.07. The third-order valence-electron chi connectivity index (χ3n) is 4.16. The van der Waals surface area contributed by atoms with Crippen molar-refractivity contribution in [3.63, 3.8) is 0 Å². The van der Waals surface area contributed by atoms with Crippen LogP contribution in [0.1, 0.15) is 15.9 Å². The monoisotopic (exact) mass is 388 g/mol. The molecular weight excluding hydrogens is 372 g/mol. The summed E-state index contributed by atoms with van der Waals surface area (Å²) in [4.78, 5) is 14.5. The first-order valence-electron chi connectivity index (χ1n) is 8.71. The summed E-state index contributed by atoms with van der Waals surface area (Å²) in [5, 5.41) is 12.2. The number of hydrogen-bond donors (Lipinski definition) is 1. The van der Waals surface area contributed by atoms with E-state index in [2.05, 4.69) is 11.4 Å². The predicted molar refractivity (Wildman–Crippen MR) is 107 cm³/mol.